The Labute approximate surface area is 195 Å². The van der Waals surface area contributed by atoms with E-state index in [0.29, 0.717) is 17.1 Å². The zero-order valence-electron chi connectivity index (χ0n) is 18.0. The minimum absolute atomic E-state index is 0.0406. The predicted octanol–water partition coefficient (Wildman–Crippen LogP) is 3.46. The molecule has 2 aromatic rings. The Bertz CT molecular complexity index is 1330. The average Bonchev–Trinajstić information content (AvgIpc) is 3.22. The van der Waals surface area contributed by atoms with E-state index >= 15 is 0 Å². The molecule has 2 aromatic carbocycles. The Morgan fingerprint density at radius 1 is 1.15 bits per heavy atom. The Balaban J connectivity index is 1.63. The number of aliphatic imine (C=N–C) groups is 1. The van der Waals surface area contributed by atoms with E-state index in [1.807, 2.05) is 37.3 Å². The second-order valence-corrected chi connectivity index (χ2v) is 9.90. The van der Waals surface area contributed by atoms with Gasteiger partial charge in [-0.3, -0.25) is 10.2 Å². The summed E-state index contributed by atoms with van der Waals surface area (Å²) in [5.74, 6) is 0.00175. The zero-order valence-corrected chi connectivity index (χ0v) is 19.6. The third-order valence-electron chi connectivity index (χ3n) is 4.90. The largest absolute Gasteiger partial charge is 0.493 e. The van der Waals surface area contributed by atoms with E-state index in [9.17, 15) is 13.2 Å². The maximum Gasteiger partial charge on any atom is 0.283 e. The lowest BCUT2D eigenvalue weighted by molar-refractivity contribution is -0.114. The molecule has 33 heavy (non-hydrogen) atoms. The van der Waals surface area contributed by atoms with Gasteiger partial charge in [0.25, 0.3) is 5.91 Å². The molecule has 2 heterocycles. The zero-order chi connectivity index (χ0) is 23.8. The number of ether oxygens (including phenoxy) is 2. The van der Waals surface area contributed by atoms with Gasteiger partial charge in [0.05, 0.1) is 24.6 Å². The number of amidine groups is 3. The Hall–Kier alpha value is -3.44. The fourth-order valence-corrected chi connectivity index (χ4v) is 5.10. The highest BCUT2D eigenvalue weighted by Gasteiger charge is 2.41. The first kappa shape index (κ1) is 22.7. The Morgan fingerprint density at radius 3 is 2.55 bits per heavy atom. The van der Waals surface area contributed by atoms with Crippen LogP contribution in [0.3, 0.4) is 0 Å². The molecular formula is C22H20N4O5S2. The fourth-order valence-electron chi connectivity index (χ4n) is 3.26. The van der Waals surface area contributed by atoms with Gasteiger partial charge in [-0.25, -0.2) is 13.3 Å². The minimum atomic E-state index is -3.71. The van der Waals surface area contributed by atoms with Crippen molar-refractivity contribution in [3.63, 3.8) is 0 Å². The van der Waals surface area contributed by atoms with Crippen LogP contribution in [0.15, 0.2) is 63.5 Å². The first-order chi connectivity index (χ1) is 15.7. The summed E-state index contributed by atoms with van der Waals surface area (Å²) in [7, 11) is -2.21. The van der Waals surface area contributed by atoms with Crippen LogP contribution in [0.2, 0.25) is 0 Å². The van der Waals surface area contributed by atoms with Crippen molar-refractivity contribution in [1.82, 2.24) is 4.90 Å². The third-order valence-corrected chi connectivity index (χ3v) is 6.65. The van der Waals surface area contributed by atoms with Gasteiger partial charge in [0.1, 0.15) is 11.9 Å². The first-order valence-electron chi connectivity index (χ1n) is 9.77. The summed E-state index contributed by atoms with van der Waals surface area (Å²) in [6.45, 7) is 1.93. The van der Waals surface area contributed by atoms with Crippen LogP contribution in [0.4, 0.5) is 0 Å². The predicted molar refractivity (Wildman–Crippen MR) is 128 cm³/mol. The molecule has 0 fully saturated rings. The van der Waals surface area contributed by atoms with Crippen molar-refractivity contribution >= 4 is 49.9 Å². The van der Waals surface area contributed by atoms with Crippen molar-refractivity contribution in [2.45, 2.75) is 13.0 Å². The van der Waals surface area contributed by atoms with Crippen LogP contribution in [0.25, 0.3) is 6.08 Å². The summed E-state index contributed by atoms with van der Waals surface area (Å²) in [6, 6.07) is 14.8. The van der Waals surface area contributed by atoms with Gasteiger partial charge in [-0.15, -0.1) is 0 Å². The van der Waals surface area contributed by atoms with E-state index in [2.05, 4.69) is 9.39 Å². The molecule has 2 aliphatic rings. The van der Waals surface area contributed by atoms with Gasteiger partial charge in [0.15, 0.2) is 11.5 Å². The number of rotatable bonds is 5. The highest BCUT2D eigenvalue weighted by Crippen LogP contribution is 2.34. The topological polar surface area (TPSA) is 121 Å². The monoisotopic (exact) mass is 484 g/mol. The maximum atomic E-state index is 12.5. The fraction of sp³-hybridized carbons (Fsp3) is 0.182. The number of nitrogens with zero attached hydrogens (tertiary/aromatic N) is 3. The smallest absolute Gasteiger partial charge is 0.283 e. The molecule has 1 amide bonds. The molecule has 0 unspecified atom stereocenters. The lowest BCUT2D eigenvalue weighted by atomic mass is 10.1. The van der Waals surface area contributed by atoms with Gasteiger partial charge >= 0.3 is 0 Å². The Kier molecular flexibility index (Phi) is 6.09. The molecule has 11 heteroatoms. The molecule has 0 bridgehead atoms. The van der Waals surface area contributed by atoms with E-state index in [1.54, 1.807) is 18.2 Å². The van der Waals surface area contributed by atoms with E-state index in [-0.39, 0.29) is 27.8 Å². The molecule has 9 nitrogen and oxygen atoms in total. The number of amides is 1. The normalized spacial score (nSPS) is 18.0. The molecule has 0 aliphatic carbocycles. The van der Waals surface area contributed by atoms with Crippen molar-refractivity contribution < 1.29 is 22.7 Å². The highest BCUT2D eigenvalue weighted by molar-refractivity contribution is 8.16. The highest BCUT2D eigenvalue weighted by atomic mass is 32.2. The van der Waals surface area contributed by atoms with Crippen molar-refractivity contribution in [3.8, 4) is 11.5 Å². The summed E-state index contributed by atoms with van der Waals surface area (Å²) in [5.41, 5.74) is 1.50. The van der Waals surface area contributed by atoms with Gasteiger partial charge in [-0.2, -0.15) is 9.39 Å². The number of sulfone groups is 1. The van der Waals surface area contributed by atoms with Crippen molar-refractivity contribution in [1.29, 1.82) is 5.41 Å². The number of benzene rings is 2. The van der Waals surface area contributed by atoms with Gasteiger partial charge in [-0.05, 0) is 36.3 Å². The van der Waals surface area contributed by atoms with Crippen molar-refractivity contribution in [2.75, 3.05) is 13.4 Å². The third kappa shape index (κ3) is 4.55. The summed E-state index contributed by atoms with van der Waals surface area (Å²) >= 11 is 0.748. The van der Waals surface area contributed by atoms with Crippen LogP contribution >= 0.6 is 11.9 Å². The second kappa shape index (κ2) is 8.83. The van der Waals surface area contributed by atoms with Crippen LogP contribution in [0.5, 0.6) is 11.5 Å². The summed E-state index contributed by atoms with van der Waals surface area (Å²) < 4.78 is 39.4. The minimum Gasteiger partial charge on any atom is -0.493 e. The molecule has 4 rings (SSSR count). The molecule has 1 N–H and O–H groups in total. The number of nitrogens with one attached hydrogen (secondary N) is 1. The molecular weight excluding hydrogens is 464 g/mol. The molecule has 0 saturated heterocycles. The second-order valence-electron chi connectivity index (χ2n) is 7.26. The van der Waals surface area contributed by atoms with Gasteiger partial charge < -0.3 is 9.47 Å². The molecule has 2 aliphatic heterocycles. The number of methoxy groups -OCH3 is 1. The molecule has 170 valence electrons. The van der Waals surface area contributed by atoms with Crippen LogP contribution in [0, 0.1) is 5.41 Å². The van der Waals surface area contributed by atoms with Gasteiger partial charge in [0.2, 0.25) is 20.2 Å². The summed E-state index contributed by atoms with van der Waals surface area (Å²) in [5, 5.41) is 8.15. The number of carbonyl (C=O) groups is 1. The standard InChI is InChI=1S/C22H20N4O5S2/c1-13(15-7-5-4-6-8-15)31-17-10-9-14(12-18(17)30-2)11-16-19(23)26-21(24-20(16)27)32-25-22(26)33(3,28)29/h4-13,23H,1-3H3/b16-11-,23-19?/t13-/m1/s1. The molecule has 0 radical (unpaired) electrons. The van der Waals surface area contributed by atoms with Crippen LogP contribution in [-0.2, 0) is 14.6 Å². The molecule has 0 spiro atoms. The van der Waals surface area contributed by atoms with Crippen molar-refractivity contribution in [2.24, 2.45) is 9.39 Å². The number of fused-ring (bicyclic) bond motifs is 1. The van der Waals surface area contributed by atoms with Crippen LogP contribution in [-0.4, -0.2) is 48.8 Å². The average molecular weight is 485 g/mol. The van der Waals surface area contributed by atoms with Crippen LogP contribution < -0.4 is 9.47 Å². The van der Waals surface area contributed by atoms with E-state index < -0.39 is 15.7 Å². The van der Waals surface area contributed by atoms with Crippen molar-refractivity contribution in [3.05, 3.63) is 65.2 Å². The number of carbonyl (C=O) groups excluding carboxylic acids is 1. The molecule has 0 aromatic heterocycles. The van der Waals surface area contributed by atoms with E-state index in [4.69, 9.17) is 14.9 Å². The maximum absolute atomic E-state index is 12.5. The lowest BCUT2D eigenvalue weighted by Gasteiger charge is -2.24. The Morgan fingerprint density at radius 2 is 1.88 bits per heavy atom. The molecule has 0 saturated carbocycles. The summed E-state index contributed by atoms with van der Waals surface area (Å²) in [6.07, 6.45) is 2.23. The lowest BCUT2D eigenvalue weighted by Crippen LogP contribution is -2.45. The van der Waals surface area contributed by atoms with Gasteiger partial charge in [-0.1, -0.05) is 36.4 Å². The number of hydrogen-bond donors (Lipinski definition) is 1. The number of hydrogen-bond acceptors (Lipinski definition) is 8. The van der Waals surface area contributed by atoms with Crippen LogP contribution in [0.1, 0.15) is 24.2 Å². The summed E-state index contributed by atoms with van der Waals surface area (Å²) in [4.78, 5) is 17.5. The van der Waals surface area contributed by atoms with Gasteiger partial charge in [0, 0.05) is 6.26 Å². The first-order valence-corrected chi connectivity index (χ1v) is 12.4. The quantitative estimate of drug-likeness (QED) is 0.509. The SMILES string of the molecule is COc1cc(/C=C2/C(=N)N3C(=NC2=O)SN=C3S(C)(=O)=O)ccc1O[C@H](C)c1ccccc1. The van der Waals surface area contributed by atoms with E-state index in [1.165, 1.54) is 13.2 Å². The molecule has 1 atom stereocenters. The van der Waals surface area contributed by atoms with E-state index in [0.717, 1.165) is 28.7 Å².